The second-order valence-corrected chi connectivity index (χ2v) is 4.49. The van der Waals surface area contributed by atoms with Crippen molar-refractivity contribution in [1.29, 1.82) is 0 Å². The molecule has 0 aliphatic heterocycles. The molecule has 1 aliphatic carbocycles. The highest BCUT2D eigenvalue weighted by molar-refractivity contribution is 5.54. The van der Waals surface area contributed by atoms with Crippen LogP contribution in [0, 0.1) is 10.1 Å². The molecule has 17 heavy (non-hydrogen) atoms. The number of nitro groups is 1. The van der Waals surface area contributed by atoms with Gasteiger partial charge in [-0.1, -0.05) is 11.6 Å². The van der Waals surface area contributed by atoms with Crippen molar-refractivity contribution in [3.63, 3.8) is 0 Å². The van der Waals surface area contributed by atoms with Crippen LogP contribution in [0.3, 0.4) is 0 Å². The van der Waals surface area contributed by atoms with E-state index < -0.39 is 0 Å². The van der Waals surface area contributed by atoms with Crippen LogP contribution in [-0.4, -0.2) is 17.5 Å². The zero-order valence-corrected chi connectivity index (χ0v) is 9.85. The van der Waals surface area contributed by atoms with Gasteiger partial charge < -0.3 is 5.32 Å². The molecule has 1 aromatic carbocycles. The largest absolute Gasteiger partial charge is 0.310 e. The summed E-state index contributed by atoms with van der Waals surface area (Å²) in [6, 6.07) is 7.33. The van der Waals surface area contributed by atoms with Crippen LogP contribution < -0.4 is 5.32 Å². The molecule has 2 rings (SSSR count). The number of hydrogen-bond donors (Lipinski definition) is 1. The number of non-ortho nitro benzene ring substituents is 1. The fourth-order valence-electron chi connectivity index (χ4n) is 1.62. The molecule has 0 atom stereocenters. The van der Waals surface area contributed by atoms with Crippen molar-refractivity contribution < 1.29 is 4.92 Å². The molecule has 0 spiro atoms. The second kappa shape index (κ2) is 5.10. The van der Waals surface area contributed by atoms with Gasteiger partial charge in [-0.3, -0.25) is 10.1 Å². The van der Waals surface area contributed by atoms with E-state index in [4.69, 9.17) is 0 Å². The molecule has 90 valence electrons. The van der Waals surface area contributed by atoms with Crippen LogP contribution in [0.2, 0.25) is 0 Å². The summed E-state index contributed by atoms with van der Waals surface area (Å²) in [6.07, 6.45) is 4.62. The molecule has 0 saturated heterocycles. The summed E-state index contributed by atoms with van der Waals surface area (Å²) in [7, 11) is 0. The first kappa shape index (κ1) is 11.8. The molecule has 1 fully saturated rings. The minimum absolute atomic E-state index is 0.135. The highest BCUT2D eigenvalue weighted by Gasteiger charge is 2.19. The predicted octanol–water partition coefficient (Wildman–Crippen LogP) is 2.75. The highest BCUT2D eigenvalue weighted by Crippen LogP contribution is 2.19. The normalized spacial score (nSPS) is 15.9. The number of nitrogens with zero attached hydrogens (tertiary/aromatic N) is 1. The van der Waals surface area contributed by atoms with Crippen molar-refractivity contribution in [1.82, 2.24) is 5.32 Å². The van der Waals surface area contributed by atoms with Crippen molar-refractivity contribution in [2.24, 2.45) is 0 Å². The maximum atomic E-state index is 10.5. The monoisotopic (exact) mass is 232 g/mol. The minimum atomic E-state index is -0.380. The van der Waals surface area contributed by atoms with Crippen molar-refractivity contribution in [2.45, 2.75) is 25.8 Å². The average Bonchev–Trinajstić information content (AvgIpc) is 3.11. The summed E-state index contributed by atoms with van der Waals surface area (Å²) in [6.45, 7) is 2.96. The summed E-state index contributed by atoms with van der Waals surface area (Å²) < 4.78 is 0. The van der Waals surface area contributed by atoms with Crippen molar-refractivity contribution >= 4 is 11.8 Å². The van der Waals surface area contributed by atoms with E-state index in [0.29, 0.717) is 6.04 Å². The van der Waals surface area contributed by atoms with Gasteiger partial charge in [-0.25, -0.2) is 0 Å². The smallest absolute Gasteiger partial charge is 0.269 e. The van der Waals surface area contributed by atoms with Crippen molar-refractivity contribution in [3.05, 3.63) is 45.5 Å². The minimum Gasteiger partial charge on any atom is -0.310 e. The van der Waals surface area contributed by atoms with Gasteiger partial charge in [-0.2, -0.15) is 0 Å². The third-order valence-corrected chi connectivity index (χ3v) is 2.76. The molecule has 4 nitrogen and oxygen atoms in total. The Morgan fingerprint density at radius 2 is 2.12 bits per heavy atom. The van der Waals surface area contributed by atoms with Gasteiger partial charge >= 0.3 is 0 Å². The number of nitro benzene ring substituents is 1. The SMILES string of the molecule is CC(=Cc1ccc([N+](=O)[O-])cc1)CNC1CC1. The summed E-state index contributed by atoms with van der Waals surface area (Å²) >= 11 is 0. The van der Waals surface area contributed by atoms with E-state index in [9.17, 15) is 10.1 Å². The Labute approximate surface area is 100 Å². The molecule has 4 heteroatoms. The van der Waals surface area contributed by atoms with Gasteiger partial charge in [-0.05, 0) is 37.5 Å². The molecule has 1 N–H and O–H groups in total. The number of rotatable bonds is 5. The lowest BCUT2D eigenvalue weighted by Gasteiger charge is -2.03. The molecule has 0 unspecified atom stereocenters. The second-order valence-electron chi connectivity index (χ2n) is 4.49. The van der Waals surface area contributed by atoms with Gasteiger partial charge in [0.15, 0.2) is 0 Å². The van der Waals surface area contributed by atoms with E-state index in [2.05, 4.69) is 18.3 Å². The zero-order chi connectivity index (χ0) is 12.3. The van der Waals surface area contributed by atoms with Crippen LogP contribution >= 0.6 is 0 Å². The third kappa shape index (κ3) is 3.67. The molecule has 1 aromatic rings. The van der Waals surface area contributed by atoms with Gasteiger partial charge in [0, 0.05) is 24.7 Å². The summed E-state index contributed by atoms with van der Waals surface area (Å²) in [4.78, 5) is 10.1. The van der Waals surface area contributed by atoms with Gasteiger partial charge in [-0.15, -0.1) is 0 Å². The summed E-state index contributed by atoms with van der Waals surface area (Å²) in [5.74, 6) is 0. The Kier molecular flexibility index (Phi) is 3.54. The van der Waals surface area contributed by atoms with E-state index in [-0.39, 0.29) is 10.6 Å². The Bertz CT molecular complexity index is 433. The van der Waals surface area contributed by atoms with Gasteiger partial charge in [0.05, 0.1) is 4.92 Å². The molecule has 0 aromatic heterocycles. The van der Waals surface area contributed by atoms with Crippen LogP contribution in [0.25, 0.3) is 6.08 Å². The third-order valence-electron chi connectivity index (χ3n) is 2.76. The predicted molar refractivity (Wildman–Crippen MR) is 67.8 cm³/mol. The van der Waals surface area contributed by atoms with Gasteiger partial charge in [0.2, 0.25) is 0 Å². The Hall–Kier alpha value is -1.68. The fraction of sp³-hybridized carbons (Fsp3) is 0.385. The maximum Gasteiger partial charge on any atom is 0.269 e. The van der Waals surface area contributed by atoms with E-state index >= 15 is 0 Å². The quantitative estimate of drug-likeness (QED) is 0.627. The van der Waals surface area contributed by atoms with Crippen LogP contribution in [0.5, 0.6) is 0 Å². The standard InChI is InChI=1S/C13H16N2O2/c1-10(9-14-12-4-5-12)8-11-2-6-13(7-3-11)15(16)17/h2-3,6-8,12,14H,4-5,9H2,1H3. The first-order valence-electron chi connectivity index (χ1n) is 5.80. The lowest BCUT2D eigenvalue weighted by Crippen LogP contribution is -2.18. The van der Waals surface area contributed by atoms with Crippen molar-refractivity contribution in [3.8, 4) is 0 Å². The Morgan fingerprint density at radius 3 is 2.65 bits per heavy atom. The lowest BCUT2D eigenvalue weighted by atomic mass is 10.1. The van der Waals surface area contributed by atoms with E-state index in [1.807, 2.05) is 0 Å². The molecular formula is C13H16N2O2. The van der Waals surface area contributed by atoms with E-state index in [1.54, 1.807) is 12.1 Å². The fourth-order valence-corrected chi connectivity index (χ4v) is 1.62. The average molecular weight is 232 g/mol. The van der Waals surface area contributed by atoms with Crippen LogP contribution in [0.1, 0.15) is 25.3 Å². The van der Waals surface area contributed by atoms with E-state index in [1.165, 1.54) is 30.5 Å². The molecule has 0 radical (unpaired) electrons. The van der Waals surface area contributed by atoms with E-state index in [0.717, 1.165) is 12.1 Å². The number of hydrogen-bond acceptors (Lipinski definition) is 3. The van der Waals surface area contributed by atoms with Crippen LogP contribution in [-0.2, 0) is 0 Å². The molecule has 0 heterocycles. The molecule has 0 bridgehead atoms. The molecule has 1 saturated carbocycles. The number of benzene rings is 1. The molecular weight excluding hydrogens is 216 g/mol. The topological polar surface area (TPSA) is 55.2 Å². The Balaban J connectivity index is 1.95. The summed E-state index contributed by atoms with van der Waals surface area (Å²) in [5.41, 5.74) is 2.38. The lowest BCUT2D eigenvalue weighted by molar-refractivity contribution is -0.384. The zero-order valence-electron chi connectivity index (χ0n) is 9.85. The summed E-state index contributed by atoms with van der Waals surface area (Å²) in [5, 5.41) is 13.9. The maximum absolute atomic E-state index is 10.5. The van der Waals surface area contributed by atoms with Gasteiger partial charge in [0.25, 0.3) is 5.69 Å². The first-order valence-corrected chi connectivity index (χ1v) is 5.80. The van der Waals surface area contributed by atoms with Crippen LogP contribution in [0.4, 0.5) is 5.69 Å². The van der Waals surface area contributed by atoms with Crippen molar-refractivity contribution in [2.75, 3.05) is 6.54 Å². The molecule has 0 amide bonds. The van der Waals surface area contributed by atoms with Crippen LogP contribution in [0.15, 0.2) is 29.8 Å². The number of nitrogens with one attached hydrogen (secondary N) is 1. The first-order chi connectivity index (χ1) is 8.15. The Morgan fingerprint density at radius 1 is 1.47 bits per heavy atom. The molecule has 1 aliphatic rings. The highest BCUT2D eigenvalue weighted by atomic mass is 16.6. The van der Waals surface area contributed by atoms with Gasteiger partial charge in [0.1, 0.15) is 0 Å².